The van der Waals surface area contributed by atoms with Crippen LogP contribution >= 0.6 is 0 Å². The van der Waals surface area contributed by atoms with Crippen molar-refractivity contribution in [2.75, 3.05) is 39.3 Å². The number of nitrogens with zero attached hydrogens (tertiary/aromatic N) is 1. The van der Waals surface area contributed by atoms with Crippen LogP contribution in [0, 0.1) is 11.3 Å². The molecular weight excluding hydrogens is 262 g/mol. The fourth-order valence-corrected chi connectivity index (χ4v) is 3.57. The van der Waals surface area contributed by atoms with Crippen LogP contribution in [0.3, 0.4) is 0 Å². The molecule has 0 aromatic carbocycles. The fourth-order valence-electron chi connectivity index (χ4n) is 3.57. The Bertz CT molecular complexity index is 318. The zero-order valence-electron chi connectivity index (χ0n) is 13.9. The highest BCUT2D eigenvalue weighted by Crippen LogP contribution is 2.31. The Morgan fingerprint density at radius 2 is 2.00 bits per heavy atom. The maximum absolute atomic E-state index is 12.5. The van der Waals surface area contributed by atoms with Crippen molar-refractivity contribution in [1.29, 1.82) is 0 Å². The van der Waals surface area contributed by atoms with E-state index in [1.165, 1.54) is 45.2 Å². The van der Waals surface area contributed by atoms with E-state index in [1.54, 1.807) is 0 Å². The topological polar surface area (TPSA) is 44.4 Å². The molecule has 2 heterocycles. The summed E-state index contributed by atoms with van der Waals surface area (Å²) in [5.41, 5.74) is -0.251. The Labute approximate surface area is 130 Å². The first-order chi connectivity index (χ1) is 10.1. The Morgan fingerprint density at radius 3 is 2.67 bits per heavy atom. The van der Waals surface area contributed by atoms with E-state index >= 15 is 0 Å². The third-order valence-corrected chi connectivity index (χ3v) is 5.29. The molecular formula is C17H33N3O. The molecule has 1 amide bonds. The molecule has 0 aromatic heterocycles. The number of carbonyl (C=O) groups excluding carboxylic acids is 1. The lowest BCUT2D eigenvalue weighted by Crippen LogP contribution is -2.47. The first-order valence-electron chi connectivity index (χ1n) is 8.82. The van der Waals surface area contributed by atoms with E-state index in [9.17, 15) is 4.79 Å². The van der Waals surface area contributed by atoms with Gasteiger partial charge in [-0.2, -0.15) is 0 Å². The van der Waals surface area contributed by atoms with Crippen LogP contribution in [0.4, 0.5) is 0 Å². The average molecular weight is 295 g/mol. The Balaban J connectivity index is 1.65. The van der Waals surface area contributed by atoms with Crippen LogP contribution in [0.25, 0.3) is 0 Å². The van der Waals surface area contributed by atoms with Gasteiger partial charge in [0.05, 0.1) is 0 Å². The maximum atomic E-state index is 12.5. The van der Waals surface area contributed by atoms with Gasteiger partial charge in [-0.05, 0) is 70.7 Å². The molecule has 0 radical (unpaired) electrons. The van der Waals surface area contributed by atoms with E-state index in [4.69, 9.17) is 0 Å². The van der Waals surface area contributed by atoms with Crippen molar-refractivity contribution >= 4 is 5.91 Å². The van der Waals surface area contributed by atoms with Crippen LogP contribution < -0.4 is 10.6 Å². The molecule has 0 spiro atoms. The minimum Gasteiger partial charge on any atom is -0.356 e. The Morgan fingerprint density at radius 1 is 1.24 bits per heavy atom. The predicted octanol–water partition coefficient (Wildman–Crippen LogP) is 2.00. The van der Waals surface area contributed by atoms with Crippen molar-refractivity contribution in [1.82, 2.24) is 15.5 Å². The third-order valence-electron chi connectivity index (χ3n) is 5.29. The van der Waals surface area contributed by atoms with Crippen LogP contribution in [0.15, 0.2) is 0 Å². The fraction of sp³-hybridized carbons (Fsp3) is 0.941. The van der Waals surface area contributed by atoms with Crippen LogP contribution in [-0.4, -0.2) is 50.1 Å². The molecule has 4 heteroatoms. The summed E-state index contributed by atoms with van der Waals surface area (Å²) in [4.78, 5) is 15.0. The number of hydrogen-bond acceptors (Lipinski definition) is 3. The molecule has 2 saturated heterocycles. The summed E-state index contributed by atoms with van der Waals surface area (Å²) >= 11 is 0. The van der Waals surface area contributed by atoms with Crippen LogP contribution in [0.1, 0.15) is 52.4 Å². The van der Waals surface area contributed by atoms with Crippen molar-refractivity contribution < 1.29 is 4.79 Å². The zero-order chi connectivity index (χ0) is 15.1. The monoisotopic (exact) mass is 295 g/mol. The lowest BCUT2D eigenvalue weighted by atomic mass is 9.74. The summed E-state index contributed by atoms with van der Waals surface area (Å²) in [6.07, 6.45) is 7.50. The van der Waals surface area contributed by atoms with Gasteiger partial charge in [0.25, 0.3) is 0 Å². The second kappa shape index (κ2) is 8.14. The number of piperidine rings is 2. The van der Waals surface area contributed by atoms with Crippen molar-refractivity contribution in [3.8, 4) is 0 Å². The van der Waals surface area contributed by atoms with Gasteiger partial charge in [0.1, 0.15) is 0 Å². The smallest absolute Gasteiger partial charge is 0.225 e. The summed E-state index contributed by atoms with van der Waals surface area (Å²) in [7, 11) is 0. The molecule has 2 fully saturated rings. The normalized spacial score (nSPS) is 24.8. The van der Waals surface area contributed by atoms with Gasteiger partial charge in [0.2, 0.25) is 5.91 Å². The lowest BCUT2D eigenvalue weighted by Gasteiger charge is -2.36. The summed E-state index contributed by atoms with van der Waals surface area (Å²) in [6.45, 7) is 10.7. The molecule has 1 atom stereocenters. The number of rotatable bonds is 6. The molecule has 0 aromatic rings. The predicted molar refractivity (Wildman–Crippen MR) is 87.3 cm³/mol. The second-order valence-corrected chi connectivity index (χ2v) is 7.28. The van der Waals surface area contributed by atoms with Crippen LogP contribution in [0.5, 0.6) is 0 Å². The van der Waals surface area contributed by atoms with E-state index in [1.807, 2.05) is 0 Å². The van der Waals surface area contributed by atoms with E-state index in [0.717, 1.165) is 32.6 Å². The molecule has 122 valence electrons. The van der Waals surface area contributed by atoms with Gasteiger partial charge in [0, 0.05) is 12.0 Å². The molecule has 2 aliphatic rings. The minimum atomic E-state index is -0.251. The molecule has 0 saturated carbocycles. The molecule has 4 nitrogen and oxygen atoms in total. The van der Waals surface area contributed by atoms with Crippen molar-refractivity contribution in [2.45, 2.75) is 52.4 Å². The largest absolute Gasteiger partial charge is 0.356 e. The summed E-state index contributed by atoms with van der Waals surface area (Å²) in [5, 5.41) is 6.59. The Hall–Kier alpha value is -0.610. The Kier molecular flexibility index (Phi) is 6.49. The lowest BCUT2D eigenvalue weighted by molar-refractivity contribution is -0.132. The molecule has 0 bridgehead atoms. The van der Waals surface area contributed by atoms with Crippen LogP contribution in [0.2, 0.25) is 0 Å². The van der Waals surface area contributed by atoms with Crippen LogP contribution in [-0.2, 0) is 4.79 Å². The summed E-state index contributed by atoms with van der Waals surface area (Å²) < 4.78 is 0. The SMILES string of the molecule is CC(C)(C(=O)NCCCN1CCCCC1)C1CCCNC1. The highest BCUT2D eigenvalue weighted by molar-refractivity contribution is 5.82. The first kappa shape index (κ1) is 16.8. The quantitative estimate of drug-likeness (QED) is 0.737. The number of amides is 1. The average Bonchev–Trinajstić information content (AvgIpc) is 2.53. The zero-order valence-corrected chi connectivity index (χ0v) is 13.9. The number of hydrogen-bond donors (Lipinski definition) is 2. The van der Waals surface area contributed by atoms with Gasteiger partial charge in [-0.25, -0.2) is 0 Å². The van der Waals surface area contributed by atoms with E-state index in [2.05, 4.69) is 29.4 Å². The molecule has 21 heavy (non-hydrogen) atoms. The summed E-state index contributed by atoms with van der Waals surface area (Å²) in [5.74, 6) is 0.697. The first-order valence-corrected chi connectivity index (χ1v) is 8.82. The highest BCUT2D eigenvalue weighted by Gasteiger charge is 2.36. The number of carbonyl (C=O) groups is 1. The maximum Gasteiger partial charge on any atom is 0.225 e. The molecule has 2 rings (SSSR count). The number of likely N-dealkylation sites (tertiary alicyclic amines) is 1. The van der Waals surface area contributed by atoms with Gasteiger partial charge >= 0.3 is 0 Å². The molecule has 2 N–H and O–H groups in total. The molecule has 1 unspecified atom stereocenters. The van der Waals surface area contributed by atoms with Crippen molar-refractivity contribution in [2.24, 2.45) is 11.3 Å². The van der Waals surface area contributed by atoms with Gasteiger partial charge in [0.15, 0.2) is 0 Å². The summed E-state index contributed by atoms with van der Waals surface area (Å²) in [6, 6.07) is 0. The third kappa shape index (κ3) is 4.96. The van der Waals surface area contributed by atoms with Crippen molar-refractivity contribution in [3.63, 3.8) is 0 Å². The van der Waals surface area contributed by atoms with Gasteiger partial charge in [-0.1, -0.05) is 20.3 Å². The van der Waals surface area contributed by atoms with Gasteiger partial charge in [-0.15, -0.1) is 0 Å². The van der Waals surface area contributed by atoms with Crippen molar-refractivity contribution in [3.05, 3.63) is 0 Å². The minimum absolute atomic E-state index is 0.231. The van der Waals surface area contributed by atoms with E-state index in [-0.39, 0.29) is 11.3 Å². The second-order valence-electron chi connectivity index (χ2n) is 7.28. The van der Waals surface area contributed by atoms with Gasteiger partial charge in [-0.3, -0.25) is 4.79 Å². The number of nitrogens with one attached hydrogen (secondary N) is 2. The molecule has 2 aliphatic heterocycles. The standard InChI is InChI=1S/C17H33N3O/c1-17(2,15-8-6-9-18-14-15)16(21)19-10-7-13-20-11-4-3-5-12-20/h15,18H,3-14H2,1-2H3,(H,19,21). The highest BCUT2D eigenvalue weighted by atomic mass is 16.2. The van der Waals surface area contributed by atoms with Gasteiger partial charge < -0.3 is 15.5 Å². The van der Waals surface area contributed by atoms with E-state index < -0.39 is 0 Å². The molecule has 0 aliphatic carbocycles. The van der Waals surface area contributed by atoms with E-state index in [0.29, 0.717) is 5.92 Å².